The minimum Gasteiger partial charge on any atom is -0.507 e. The van der Waals surface area contributed by atoms with Crippen LogP contribution in [0.2, 0.25) is 0 Å². The van der Waals surface area contributed by atoms with Crippen molar-refractivity contribution in [3.63, 3.8) is 0 Å². The number of para-hydroxylation sites is 1. The third-order valence-electron chi connectivity index (χ3n) is 1.71. The third kappa shape index (κ3) is 1.87. The molecule has 68 valence electrons. The zero-order chi connectivity index (χ0) is 9.84. The van der Waals surface area contributed by atoms with Crippen molar-refractivity contribution in [1.29, 1.82) is 0 Å². The number of phenolic OH excluding ortho intramolecular Hbond substituents is 1. The maximum atomic E-state index is 10.7. The molecular weight excluding hydrogens is 168 g/mol. The molecule has 0 atom stereocenters. The monoisotopic (exact) mass is 178 g/mol. The summed E-state index contributed by atoms with van der Waals surface area (Å²) in [6.07, 6.45) is 1.46. The zero-order valence-corrected chi connectivity index (χ0v) is 7.19. The van der Waals surface area contributed by atoms with Crippen LogP contribution in [0.25, 0.3) is 5.57 Å². The summed E-state index contributed by atoms with van der Waals surface area (Å²) < 4.78 is 0. The molecular formula is C10H10O3. The molecule has 1 aromatic rings. The summed E-state index contributed by atoms with van der Waals surface area (Å²) in [5.41, 5.74) is 0.454. The molecule has 0 saturated heterocycles. The number of carboxylic acids is 1. The molecule has 0 heterocycles. The van der Waals surface area contributed by atoms with Gasteiger partial charge in [-0.3, -0.25) is 0 Å². The van der Waals surface area contributed by atoms with Gasteiger partial charge in [-0.1, -0.05) is 24.3 Å². The number of aromatic hydroxyl groups is 1. The lowest BCUT2D eigenvalue weighted by molar-refractivity contribution is -0.130. The summed E-state index contributed by atoms with van der Waals surface area (Å²) in [5.74, 6) is -1.05. The van der Waals surface area contributed by atoms with Gasteiger partial charge in [0.05, 0.1) is 5.57 Å². The number of carbonyl (C=O) groups is 1. The summed E-state index contributed by atoms with van der Waals surface area (Å²) in [5, 5.41) is 18.1. The average Bonchev–Trinajstić information content (AvgIpc) is 2.09. The van der Waals surface area contributed by atoms with Gasteiger partial charge in [0.1, 0.15) is 5.75 Å². The summed E-state index contributed by atoms with van der Waals surface area (Å²) in [6, 6.07) is 6.36. The predicted octanol–water partition coefficient (Wildman–Crippen LogP) is 1.88. The molecule has 0 saturated carbocycles. The van der Waals surface area contributed by atoms with Crippen molar-refractivity contribution in [2.45, 2.75) is 6.92 Å². The molecule has 1 aromatic carbocycles. The molecule has 0 aromatic heterocycles. The molecule has 0 unspecified atom stereocenters. The quantitative estimate of drug-likeness (QED) is 0.680. The van der Waals surface area contributed by atoms with Crippen LogP contribution in [-0.2, 0) is 4.79 Å². The second kappa shape index (κ2) is 3.76. The maximum Gasteiger partial charge on any atom is 0.336 e. The van der Waals surface area contributed by atoms with Gasteiger partial charge < -0.3 is 10.2 Å². The number of rotatable bonds is 2. The second-order valence-electron chi connectivity index (χ2n) is 2.52. The molecule has 0 amide bonds. The Morgan fingerprint density at radius 2 is 2.00 bits per heavy atom. The zero-order valence-electron chi connectivity index (χ0n) is 7.19. The van der Waals surface area contributed by atoms with E-state index in [1.807, 2.05) is 0 Å². The fraction of sp³-hybridized carbons (Fsp3) is 0.100. The molecule has 0 bridgehead atoms. The van der Waals surface area contributed by atoms with Crippen molar-refractivity contribution in [2.24, 2.45) is 0 Å². The first-order chi connectivity index (χ1) is 6.16. The SMILES string of the molecule is CC=C(C(=O)O)c1ccccc1O. The molecule has 0 aliphatic carbocycles. The number of aliphatic carboxylic acids is 1. The van der Waals surface area contributed by atoms with Crippen LogP contribution in [-0.4, -0.2) is 16.2 Å². The van der Waals surface area contributed by atoms with Crippen LogP contribution < -0.4 is 0 Å². The lowest BCUT2D eigenvalue weighted by atomic mass is 10.1. The Morgan fingerprint density at radius 1 is 1.38 bits per heavy atom. The van der Waals surface area contributed by atoms with E-state index in [1.165, 1.54) is 12.1 Å². The average molecular weight is 178 g/mol. The van der Waals surface area contributed by atoms with Crippen LogP contribution in [0.4, 0.5) is 0 Å². The van der Waals surface area contributed by atoms with E-state index in [4.69, 9.17) is 5.11 Å². The Hall–Kier alpha value is -1.77. The van der Waals surface area contributed by atoms with Crippen LogP contribution in [0.15, 0.2) is 30.3 Å². The number of hydrogen-bond acceptors (Lipinski definition) is 2. The Labute approximate surface area is 76.0 Å². The van der Waals surface area contributed by atoms with Crippen LogP contribution >= 0.6 is 0 Å². The van der Waals surface area contributed by atoms with Gasteiger partial charge in [-0.15, -0.1) is 0 Å². The molecule has 3 heteroatoms. The first-order valence-electron chi connectivity index (χ1n) is 3.84. The van der Waals surface area contributed by atoms with Gasteiger partial charge in [0.2, 0.25) is 0 Å². The molecule has 3 nitrogen and oxygen atoms in total. The standard InChI is InChI=1S/C10H10O3/c1-2-7(10(12)13)8-5-3-4-6-9(8)11/h2-6,11H,1H3,(H,12,13). The van der Waals surface area contributed by atoms with Crippen LogP contribution in [0.5, 0.6) is 5.75 Å². The number of hydrogen-bond donors (Lipinski definition) is 2. The number of benzene rings is 1. The van der Waals surface area contributed by atoms with Gasteiger partial charge in [0.25, 0.3) is 0 Å². The molecule has 0 aliphatic heterocycles. The topological polar surface area (TPSA) is 57.5 Å². The lowest BCUT2D eigenvalue weighted by Gasteiger charge is -2.03. The molecule has 0 aliphatic rings. The number of allylic oxidation sites excluding steroid dienone is 1. The molecule has 13 heavy (non-hydrogen) atoms. The van der Waals surface area contributed by atoms with Gasteiger partial charge >= 0.3 is 5.97 Å². The highest BCUT2D eigenvalue weighted by Crippen LogP contribution is 2.24. The minimum atomic E-state index is -1.04. The van der Waals surface area contributed by atoms with Crippen molar-refractivity contribution in [2.75, 3.05) is 0 Å². The summed E-state index contributed by atoms with van der Waals surface area (Å²) in [7, 11) is 0. The molecule has 0 spiro atoms. The predicted molar refractivity (Wildman–Crippen MR) is 49.4 cm³/mol. The smallest absolute Gasteiger partial charge is 0.336 e. The fourth-order valence-corrected chi connectivity index (χ4v) is 1.10. The Kier molecular flexibility index (Phi) is 2.69. The van der Waals surface area contributed by atoms with E-state index in [0.717, 1.165) is 0 Å². The molecule has 1 rings (SSSR count). The van der Waals surface area contributed by atoms with Crippen LogP contribution in [0, 0.1) is 0 Å². The Morgan fingerprint density at radius 3 is 2.46 bits per heavy atom. The van der Waals surface area contributed by atoms with E-state index >= 15 is 0 Å². The second-order valence-corrected chi connectivity index (χ2v) is 2.52. The summed E-state index contributed by atoms with van der Waals surface area (Å²) in [4.78, 5) is 10.7. The molecule has 0 radical (unpaired) electrons. The largest absolute Gasteiger partial charge is 0.507 e. The maximum absolute atomic E-state index is 10.7. The Bertz CT molecular complexity index is 353. The minimum absolute atomic E-state index is 0.0157. The highest BCUT2D eigenvalue weighted by Gasteiger charge is 2.11. The van der Waals surface area contributed by atoms with E-state index < -0.39 is 5.97 Å². The fourth-order valence-electron chi connectivity index (χ4n) is 1.10. The first kappa shape index (κ1) is 9.32. The number of phenols is 1. The highest BCUT2D eigenvalue weighted by atomic mass is 16.4. The summed E-state index contributed by atoms with van der Waals surface area (Å²) >= 11 is 0. The van der Waals surface area contributed by atoms with Crippen LogP contribution in [0.1, 0.15) is 12.5 Å². The first-order valence-corrected chi connectivity index (χ1v) is 3.84. The number of carboxylic acid groups (broad SMARTS) is 1. The van der Waals surface area contributed by atoms with Crippen molar-refractivity contribution in [3.05, 3.63) is 35.9 Å². The van der Waals surface area contributed by atoms with Crippen molar-refractivity contribution in [3.8, 4) is 5.75 Å². The lowest BCUT2D eigenvalue weighted by Crippen LogP contribution is -1.99. The van der Waals surface area contributed by atoms with E-state index in [0.29, 0.717) is 5.56 Å². The normalized spacial score (nSPS) is 11.3. The van der Waals surface area contributed by atoms with Gasteiger partial charge in [-0.05, 0) is 13.0 Å². The van der Waals surface area contributed by atoms with Crippen LogP contribution in [0.3, 0.4) is 0 Å². The van der Waals surface area contributed by atoms with E-state index in [1.54, 1.807) is 25.1 Å². The van der Waals surface area contributed by atoms with Gasteiger partial charge in [-0.25, -0.2) is 4.79 Å². The van der Waals surface area contributed by atoms with Gasteiger partial charge in [-0.2, -0.15) is 0 Å². The van der Waals surface area contributed by atoms with E-state index in [-0.39, 0.29) is 11.3 Å². The van der Waals surface area contributed by atoms with Crippen molar-refractivity contribution >= 4 is 11.5 Å². The third-order valence-corrected chi connectivity index (χ3v) is 1.71. The van der Waals surface area contributed by atoms with E-state index in [9.17, 15) is 9.90 Å². The van der Waals surface area contributed by atoms with Gasteiger partial charge in [0, 0.05) is 5.56 Å². The van der Waals surface area contributed by atoms with Gasteiger partial charge in [0.15, 0.2) is 0 Å². The molecule has 0 fully saturated rings. The van der Waals surface area contributed by atoms with E-state index in [2.05, 4.69) is 0 Å². The highest BCUT2D eigenvalue weighted by molar-refractivity contribution is 6.16. The van der Waals surface area contributed by atoms with Crippen molar-refractivity contribution < 1.29 is 15.0 Å². The summed E-state index contributed by atoms with van der Waals surface area (Å²) in [6.45, 7) is 1.62. The molecule has 2 N–H and O–H groups in total. The van der Waals surface area contributed by atoms with Crippen molar-refractivity contribution in [1.82, 2.24) is 0 Å². The Balaban J connectivity index is 3.21.